The second-order valence-electron chi connectivity index (χ2n) is 5.22. The van der Waals surface area contributed by atoms with Crippen molar-refractivity contribution in [3.05, 3.63) is 35.4 Å². The zero-order valence-corrected chi connectivity index (χ0v) is 12.9. The lowest BCUT2D eigenvalue weighted by Gasteiger charge is -2.14. The molecule has 0 aromatic heterocycles. The van der Waals surface area contributed by atoms with Crippen LogP contribution in [0.3, 0.4) is 0 Å². The van der Waals surface area contributed by atoms with E-state index in [1.807, 2.05) is 6.92 Å². The maximum atomic E-state index is 12.1. The van der Waals surface area contributed by atoms with Gasteiger partial charge in [0.05, 0.1) is 16.9 Å². The summed E-state index contributed by atoms with van der Waals surface area (Å²) < 4.78 is 24.1. The average Bonchev–Trinajstić information content (AvgIpc) is 2.69. The Morgan fingerprint density at radius 3 is 2.05 bits per heavy atom. The van der Waals surface area contributed by atoms with Crippen molar-refractivity contribution in [1.29, 1.82) is 0 Å². The van der Waals surface area contributed by atoms with Crippen LogP contribution in [0.25, 0.3) is 0 Å². The Hall–Kier alpha value is -1.69. The molecule has 1 aromatic carbocycles. The van der Waals surface area contributed by atoms with Gasteiger partial charge in [0.2, 0.25) is 0 Å². The summed E-state index contributed by atoms with van der Waals surface area (Å²) in [5.74, 6) is -1.55. The highest BCUT2D eigenvalue weighted by atomic mass is 32.2. The van der Waals surface area contributed by atoms with Crippen LogP contribution in [0.2, 0.25) is 0 Å². The van der Waals surface area contributed by atoms with Gasteiger partial charge in [0.25, 0.3) is 11.8 Å². The molecule has 0 atom stereocenters. The molecule has 0 aliphatic carbocycles. The summed E-state index contributed by atoms with van der Waals surface area (Å²) in [6.07, 6.45) is 3.43. The molecule has 114 valence electrons. The molecule has 6 heteroatoms. The van der Waals surface area contributed by atoms with Crippen molar-refractivity contribution in [2.24, 2.45) is 0 Å². The van der Waals surface area contributed by atoms with Crippen LogP contribution >= 0.6 is 0 Å². The van der Waals surface area contributed by atoms with E-state index in [0.29, 0.717) is 6.42 Å². The van der Waals surface area contributed by atoms with E-state index in [4.69, 9.17) is 0 Å². The van der Waals surface area contributed by atoms with Crippen molar-refractivity contribution in [3.8, 4) is 0 Å². The number of carbonyl (C=O) groups is 2. The van der Waals surface area contributed by atoms with Crippen molar-refractivity contribution >= 4 is 21.7 Å². The molecule has 0 saturated heterocycles. The summed E-state index contributed by atoms with van der Waals surface area (Å²) in [4.78, 5) is 25.0. The van der Waals surface area contributed by atoms with Gasteiger partial charge in [-0.1, -0.05) is 38.3 Å². The lowest BCUT2D eigenvalue weighted by atomic mass is 10.1. The maximum Gasteiger partial charge on any atom is 0.262 e. The third kappa shape index (κ3) is 3.50. The smallest absolute Gasteiger partial charge is 0.262 e. The lowest BCUT2D eigenvalue weighted by molar-refractivity contribution is 0.0680. The second kappa shape index (κ2) is 6.39. The van der Waals surface area contributed by atoms with E-state index in [0.717, 1.165) is 24.2 Å². The molecule has 2 rings (SSSR count). The Balaban J connectivity index is 2.04. The first kappa shape index (κ1) is 15.7. The predicted molar refractivity (Wildman–Crippen MR) is 79.7 cm³/mol. The van der Waals surface area contributed by atoms with Gasteiger partial charge in [-0.25, -0.2) is 8.42 Å². The number of unbranched alkanes of at least 4 members (excludes halogenated alkanes) is 3. The molecule has 0 saturated carbocycles. The molecular weight excluding hydrogens is 290 g/mol. The molecule has 1 aliphatic rings. The fraction of sp³-hybridized carbons (Fsp3) is 0.467. The minimum absolute atomic E-state index is 0.0143. The van der Waals surface area contributed by atoms with Crippen LogP contribution < -0.4 is 0 Å². The van der Waals surface area contributed by atoms with Crippen LogP contribution in [0.15, 0.2) is 24.3 Å². The van der Waals surface area contributed by atoms with Crippen molar-refractivity contribution in [3.63, 3.8) is 0 Å². The number of hydrogen-bond donors (Lipinski definition) is 0. The molecule has 0 unspecified atom stereocenters. The topological polar surface area (TPSA) is 71.5 Å². The number of rotatable bonds is 7. The summed E-state index contributed by atoms with van der Waals surface area (Å²) in [7, 11) is -3.44. The van der Waals surface area contributed by atoms with Crippen LogP contribution in [0.1, 0.15) is 53.3 Å². The molecule has 1 aromatic rings. The van der Waals surface area contributed by atoms with Gasteiger partial charge >= 0.3 is 0 Å². The van der Waals surface area contributed by atoms with Gasteiger partial charge in [-0.15, -0.1) is 0 Å². The molecule has 1 aliphatic heterocycles. The Labute approximate surface area is 124 Å². The van der Waals surface area contributed by atoms with Gasteiger partial charge in [-0.05, 0) is 18.6 Å². The number of imide groups is 1. The van der Waals surface area contributed by atoms with Gasteiger partial charge in [0.15, 0.2) is 9.84 Å². The quantitative estimate of drug-likeness (QED) is 0.572. The molecule has 0 fully saturated rings. The van der Waals surface area contributed by atoms with Crippen LogP contribution in [0.5, 0.6) is 0 Å². The van der Waals surface area contributed by atoms with Crippen LogP contribution in [0.4, 0.5) is 0 Å². The van der Waals surface area contributed by atoms with Crippen molar-refractivity contribution in [1.82, 2.24) is 4.90 Å². The number of benzene rings is 1. The zero-order valence-electron chi connectivity index (χ0n) is 12.0. The molecule has 1 heterocycles. The minimum atomic E-state index is -3.44. The first-order valence-electron chi connectivity index (χ1n) is 7.12. The van der Waals surface area contributed by atoms with E-state index in [1.165, 1.54) is 0 Å². The number of amides is 2. The van der Waals surface area contributed by atoms with Crippen LogP contribution in [0, 0.1) is 0 Å². The predicted octanol–water partition coefficient (Wildman–Crippen LogP) is 2.24. The molecule has 0 N–H and O–H groups in total. The number of hydrogen-bond acceptors (Lipinski definition) is 4. The SMILES string of the molecule is CCCCCCS(=O)(=O)CN1C(=O)c2ccccc2C1=O. The Bertz CT molecular complexity index is 616. The van der Waals surface area contributed by atoms with E-state index in [1.54, 1.807) is 24.3 Å². The van der Waals surface area contributed by atoms with E-state index in [-0.39, 0.29) is 16.9 Å². The average molecular weight is 309 g/mol. The Morgan fingerprint density at radius 1 is 0.952 bits per heavy atom. The van der Waals surface area contributed by atoms with Crippen molar-refractivity contribution < 1.29 is 18.0 Å². The molecule has 0 radical (unpaired) electrons. The highest BCUT2D eigenvalue weighted by molar-refractivity contribution is 7.91. The Morgan fingerprint density at radius 2 is 1.52 bits per heavy atom. The molecular formula is C15H19NO4S. The summed E-state index contributed by atoms with van der Waals surface area (Å²) in [5.41, 5.74) is 0.562. The first-order chi connectivity index (χ1) is 9.96. The third-order valence-electron chi connectivity index (χ3n) is 3.51. The first-order valence-corrected chi connectivity index (χ1v) is 8.94. The highest BCUT2D eigenvalue weighted by Gasteiger charge is 2.37. The van der Waals surface area contributed by atoms with E-state index in [2.05, 4.69) is 0 Å². The summed E-state index contributed by atoms with van der Waals surface area (Å²) in [6, 6.07) is 6.41. The van der Waals surface area contributed by atoms with Crippen molar-refractivity contribution in [2.75, 3.05) is 11.6 Å². The summed E-state index contributed by atoms with van der Waals surface area (Å²) in [6.45, 7) is 2.05. The zero-order chi connectivity index (χ0) is 15.5. The van der Waals surface area contributed by atoms with E-state index in [9.17, 15) is 18.0 Å². The summed E-state index contributed by atoms with van der Waals surface area (Å²) in [5, 5.41) is 0. The number of sulfone groups is 1. The lowest BCUT2D eigenvalue weighted by Crippen LogP contribution is -2.35. The van der Waals surface area contributed by atoms with Crippen molar-refractivity contribution in [2.45, 2.75) is 32.6 Å². The van der Waals surface area contributed by atoms with Gasteiger partial charge in [0, 0.05) is 0 Å². The van der Waals surface area contributed by atoms with Crippen LogP contribution in [-0.4, -0.2) is 36.8 Å². The minimum Gasteiger partial charge on any atom is -0.269 e. The standard InChI is InChI=1S/C15H19NO4S/c1-2-3-4-7-10-21(19,20)11-16-14(17)12-8-5-6-9-13(12)15(16)18/h5-6,8-9H,2-4,7,10-11H2,1H3. The van der Waals surface area contributed by atoms with Gasteiger partial charge in [-0.2, -0.15) is 0 Å². The molecule has 2 amide bonds. The summed E-state index contributed by atoms with van der Waals surface area (Å²) >= 11 is 0. The molecule has 0 bridgehead atoms. The van der Waals surface area contributed by atoms with E-state index >= 15 is 0 Å². The maximum absolute atomic E-state index is 12.1. The fourth-order valence-electron chi connectivity index (χ4n) is 2.37. The fourth-order valence-corrected chi connectivity index (χ4v) is 3.77. The largest absolute Gasteiger partial charge is 0.269 e. The molecule has 5 nitrogen and oxygen atoms in total. The highest BCUT2D eigenvalue weighted by Crippen LogP contribution is 2.23. The number of carbonyl (C=O) groups excluding carboxylic acids is 2. The number of fused-ring (bicyclic) bond motifs is 1. The van der Waals surface area contributed by atoms with Gasteiger partial charge < -0.3 is 0 Å². The van der Waals surface area contributed by atoms with Gasteiger partial charge in [-0.3, -0.25) is 14.5 Å². The third-order valence-corrected chi connectivity index (χ3v) is 5.08. The normalized spacial score (nSPS) is 14.6. The monoisotopic (exact) mass is 309 g/mol. The van der Waals surface area contributed by atoms with Crippen LogP contribution in [-0.2, 0) is 9.84 Å². The number of nitrogens with zero attached hydrogens (tertiary/aromatic N) is 1. The second-order valence-corrected chi connectivity index (χ2v) is 7.37. The molecule has 0 spiro atoms. The molecule has 21 heavy (non-hydrogen) atoms. The Kier molecular flexibility index (Phi) is 4.77. The van der Waals surface area contributed by atoms with E-state index < -0.39 is 27.5 Å². The van der Waals surface area contributed by atoms with Gasteiger partial charge in [0.1, 0.15) is 5.88 Å².